The van der Waals surface area contributed by atoms with Gasteiger partial charge in [-0.25, -0.2) is 5.48 Å². The quantitative estimate of drug-likeness (QED) is 0.422. The molecular weight excluding hydrogens is 202 g/mol. The molecule has 0 aliphatic carbocycles. The van der Waals surface area contributed by atoms with Crippen LogP contribution in [0.4, 0.5) is 0 Å². The molecular formula is C13H19NO2. The molecule has 0 heterocycles. The van der Waals surface area contributed by atoms with Crippen LogP contribution in [-0.4, -0.2) is 11.1 Å². The molecule has 1 aromatic rings. The van der Waals surface area contributed by atoms with E-state index in [-0.39, 0.29) is 5.91 Å². The summed E-state index contributed by atoms with van der Waals surface area (Å²) in [6.07, 6.45) is 5.70. The molecule has 0 aliphatic rings. The normalized spacial score (nSPS) is 10.1. The number of rotatable bonds is 7. The third-order valence-corrected chi connectivity index (χ3v) is 2.59. The molecule has 1 rings (SSSR count). The van der Waals surface area contributed by atoms with E-state index in [2.05, 4.69) is 24.3 Å². The fraction of sp³-hybridized carbons (Fsp3) is 0.462. The summed E-state index contributed by atoms with van der Waals surface area (Å²) in [4.78, 5) is 10.7. The van der Waals surface area contributed by atoms with E-state index in [0.717, 1.165) is 32.1 Å². The lowest BCUT2D eigenvalue weighted by molar-refractivity contribution is -0.129. The predicted octanol–water partition coefficient (Wildman–Crippen LogP) is 2.68. The fourth-order valence-electron chi connectivity index (χ4n) is 1.67. The molecule has 0 bridgehead atoms. The number of benzene rings is 1. The van der Waals surface area contributed by atoms with Gasteiger partial charge in [-0.2, -0.15) is 0 Å². The first kappa shape index (κ1) is 12.7. The smallest absolute Gasteiger partial charge is 0.243 e. The van der Waals surface area contributed by atoms with Crippen molar-refractivity contribution in [3.63, 3.8) is 0 Å². The van der Waals surface area contributed by atoms with Crippen molar-refractivity contribution in [1.29, 1.82) is 0 Å². The van der Waals surface area contributed by atoms with Gasteiger partial charge in [0.05, 0.1) is 0 Å². The van der Waals surface area contributed by atoms with Crippen LogP contribution in [0.3, 0.4) is 0 Å². The van der Waals surface area contributed by atoms with Crippen LogP contribution < -0.4 is 5.48 Å². The number of hydroxylamine groups is 1. The van der Waals surface area contributed by atoms with Crippen molar-refractivity contribution < 1.29 is 10.0 Å². The molecule has 3 heteroatoms. The maximum atomic E-state index is 10.7. The van der Waals surface area contributed by atoms with Crippen molar-refractivity contribution in [2.24, 2.45) is 0 Å². The Morgan fingerprint density at radius 3 is 2.44 bits per heavy atom. The van der Waals surface area contributed by atoms with Gasteiger partial charge in [0.2, 0.25) is 5.91 Å². The number of hydrogen-bond acceptors (Lipinski definition) is 2. The highest BCUT2D eigenvalue weighted by Crippen LogP contribution is 2.08. The van der Waals surface area contributed by atoms with E-state index >= 15 is 0 Å². The number of carbonyl (C=O) groups excluding carboxylic acids is 1. The Bertz CT molecular complexity index is 298. The highest BCUT2D eigenvalue weighted by Gasteiger charge is 1.98. The van der Waals surface area contributed by atoms with Gasteiger partial charge in [0.1, 0.15) is 0 Å². The number of amides is 1. The Kier molecular flexibility index (Phi) is 6.26. The summed E-state index contributed by atoms with van der Waals surface area (Å²) >= 11 is 0. The summed E-state index contributed by atoms with van der Waals surface area (Å²) in [7, 11) is 0. The molecule has 0 aliphatic heterocycles. The zero-order valence-corrected chi connectivity index (χ0v) is 9.48. The van der Waals surface area contributed by atoms with Crippen LogP contribution in [0.2, 0.25) is 0 Å². The van der Waals surface area contributed by atoms with Gasteiger partial charge in [-0.15, -0.1) is 0 Å². The predicted molar refractivity (Wildman–Crippen MR) is 63.2 cm³/mol. The van der Waals surface area contributed by atoms with Crippen LogP contribution in [-0.2, 0) is 11.2 Å². The second-order valence-electron chi connectivity index (χ2n) is 3.93. The average Bonchev–Trinajstić information content (AvgIpc) is 2.34. The molecule has 0 radical (unpaired) electrons. The first-order chi connectivity index (χ1) is 7.83. The lowest BCUT2D eigenvalue weighted by Gasteiger charge is -2.01. The third kappa shape index (κ3) is 5.51. The molecule has 0 saturated carbocycles. The van der Waals surface area contributed by atoms with Crippen LogP contribution in [0.5, 0.6) is 0 Å². The summed E-state index contributed by atoms with van der Waals surface area (Å²) < 4.78 is 0. The van der Waals surface area contributed by atoms with Gasteiger partial charge in [-0.05, 0) is 24.8 Å². The molecule has 0 saturated heterocycles. The molecule has 88 valence electrons. The minimum Gasteiger partial charge on any atom is -0.289 e. The Morgan fingerprint density at radius 1 is 1.06 bits per heavy atom. The van der Waals surface area contributed by atoms with Crippen LogP contribution >= 0.6 is 0 Å². The topological polar surface area (TPSA) is 49.3 Å². The molecule has 0 fully saturated rings. The minimum atomic E-state index is -0.289. The molecule has 1 amide bonds. The van der Waals surface area contributed by atoms with Crippen molar-refractivity contribution in [1.82, 2.24) is 5.48 Å². The van der Waals surface area contributed by atoms with Crippen molar-refractivity contribution in [3.8, 4) is 0 Å². The van der Waals surface area contributed by atoms with Crippen LogP contribution in [0.25, 0.3) is 0 Å². The molecule has 0 atom stereocenters. The van der Waals surface area contributed by atoms with E-state index in [9.17, 15) is 4.79 Å². The fourth-order valence-corrected chi connectivity index (χ4v) is 1.67. The Morgan fingerprint density at radius 2 is 1.75 bits per heavy atom. The number of aryl methyl sites for hydroxylation is 1. The molecule has 0 aromatic heterocycles. The highest BCUT2D eigenvalue weighted by molar-refractivity contribution is 5.74. The standard InChI is InChI=1S/C13H19NO2/c15-13(14-16)11-7-2-1-4-8-12-9-5-3-6-10-12/h3,5-6,9-10,16H,1-2,4,7-8,11H2,(H,14,15). The number of nitrogens with one attached hydrogen (secondary N) is 1. The second kappa shape index (κ2) is 7.88. The van der Waals surface area contributed by atoms with Gasteiger partial charge in [-0.1, -0.05) is 43.2 Å². The largest absolute Gasteiger partial charge is 0.289 e. The van der Waals surface area contributed by atoms with Crippen molar-refractivity contribution in [2.45, 2.75) is 38.5 Å². The molecule has 16 heavy (non-hydrogen) atoms. The summed E-state index contributed by atoms with van der Waals surface area (Å²) in [5.74, 6) is -0.289. The van der Waals surface area contributed by atoms with Gasteiger partial charge in [0.15, 0.2) is 0 Å². The van der Waals surface area contributed by atoms with Gasteiger partial charge in [-0.3, -0.25) is 10.0 Å². The zero-order valence-electron chi connectivity index (χ0n) is 9.48. The summed E-state index contributed by atoms with van der Waals surface area (Å²) in [5, 5.41) is 8.29. The summed E-state index contributed by atoms with van der Waals surface area (Å²) in [6.45, 7) is 0. The number of unbranched alkanes of at least 4 members (excludes halogenated alkanes) is 3. The average molecular weight is 221 g/mol. The van der Waals surface area contributed by atoms with Crippen LogP contribution in [0, 0.1) is 0 Å². The maximum absolute atomic E-state index is 10.7. The van der Waals surface area contributed by atoms with Crippen LogP contribution in [0.1, 0.15) is 37.7 Å². The van der Waals surface area contributed by atoms with E-state index in [1.807, 2.05) is 6.07 Å². The monoisotopic (exact) mass is 221 g/mol. The minimum absolute atomic E-state index is 0.289. The third-order valence-electron chi connectivity index (χ3n) is 2.59. The maximum Gasteiger partial charge on any atom is 0.243 e. The zero-order chi connectivity index (χ0) is 11.6. The van der Waals surface area contributed by atoms with E-state index in [1.165, 1.54) is 5.56 Å². The second-order valence-corrected chi connectivity index (χ2v) is 3.93. The number of hydrogen-bond donors (Lipinski definition) is 2. The van der Waals surface area contributed by atoms with E-state index in [1.54, 1.807) is 5.48 Å². The lowest BCUT2D eigenvalue weighted by Crippen LogP contribution is -2.17. The summed E-state index contributed by atoms with van der Waals surface area (Å²) in [5.41, 5.74) is 3.01. The van der Waals surface area contributed by atoms with Crippen molar-refractivity contribution >= 4 is 5.91 Å². The molecule has 3 nitrogen and oxygen atoms in total. The van der Waals surface area contributed by atoms with Gasteiger partial charge in [0, 0.05) is 6.42 Å². The lowest BCUT2D eigenvalue weighted by atomic mass is 10.1. The van der Waals surface area contributed by atoms with Crippen molar-refractivity contribution in [3.05, 3.63) is 35.9 Å². The van der Waals surface area contributed by atoms with Crippen LogP contribution in [0.15, 0.2) is 30.3 Å². The molecule has 0 unspecified atom stereocenters. The summed E-state index contributed by atoms with van der Waals surface area (Å²) in [6, 6.07) is 10.4. The Balaban J connectivity index is 1.98. The van der Waals surface area contributed by atoms with Gasteiger partial charge in [0.25, 0.3) is 0 Å². The van der Waals surface area contributed by atoms with E-state index < -0.39 is 0 Å². The first-order valence-corrected chi connectivity index (χ1v) is 5.80. The Hall–Kier alpha value is -1.35. The molecule has 2 N–H and O–H groups in total. The van der Waals surface area contributed by atoms with E-state index in [4.69, 9.17) is 5.21 Å². The number of carbonyl (C=O) groups is 1. The Labute approximate surface area is 96.4 Å². The molecule has 0 spiro atoms. The highest BCUT2D eigenvalue weighted by atomic mass is 16.5. The van der Waals surface area contributed by atoms with Gasteiger partial charge < -0.3 is 0 Å². The first-order valence-electron chi connectivity index (χ1n) is 5.80. The SMILES string of the molecule is O=C(CCCCCCc1ccccc1)NO. The van der Waals surface area contributed by atoms with E-state index in [0.29, 0.717) is 6.42 Å². The van der Waals surface area contributed by atoms with Crippen molar-refractivity contribution in [2.75, 3.05) is 0 Å². The molecule has 1 aromatic carbocycles. The van der Waals surface area contributed by atoms with Gasteiger partial charge >= 0.3 is 0 Å².